The first-order valence-corrected chi connectivity index (χ1v) is 10.2. The van der Waals surface area contributed by atoms with Gasteiger partial charge in [-0.3, -0.25) is 9.69 Å². The van der Waals surface area contributed by atoms with E-state index >= 15 is 0 Å². The van der Waals surface area contributed by atoms with Crippen molar-refractivity contribution in [3.8, 4) is 0 Å². The minimum absolute atomic E-state index is 0.174. The zero-order valence-electron chi connectivity index (χ0n) is 14.3. The van der Waals surface area contributed by atoms with Gasteiger partial charge in [-0.15, -0.1) is 0 Å². The molecule has 0 bridgehead atoms. The molecule has 8 nitrogen and oxygen atoms in total. The number of hydrogen-bond donors (Lipinski definition) is 2. The van der Waals surface area contributed by atoms with Gasteiger partial charge in [-0.1, -0.05) is 6.07 Å². The Bertz CT molecular complexity index is 844. The van der Waals surface area contributed by atoms with Gasteiger partial charge >= 0.3 is 0 Å². The lowest BCUT2D eigenvalue weighted by molar-refractivity contribution is 0.0948. The van der Waals surface area contributed by atoms with Gasteiger partial charge in [0, 0.05) is 49.8 Å². The largest absolute Gasteiger partial charge is 0.351 e. The fourth-order valence-corrected chi connectivity index (χ4v) is 3.91. The van der Waals surface area contributed by atoms with Gasteiger partial charge in [-0.25, -0.2) is 18.4 Å². The van der Waals surface area contributed by atoms with Crippen molar-refractivity contribution in [3.05, 3.63) is 48.3 Å². The second kappa shape index (κ2) is 8.24. The van der Waals surface area contributed by atoms with Crippen LogP contribution in [0.1, 0.15) is 10.4 Å². The third kappa shape index (κ3) is 5.24. The molecule has 3 rings (SSSR count). The molecule has 0 saturated carbocycles. The van der Waals surface area contributed by atoms with Crippen LogP contribution >= 0.6 is 0 Å². The van der Waals surface area contributed by atoms with Crippen LogP contribution in [0.15, 0.2) is 42.7 Å². The summed E-state index contributed by atoms with van der Waals surface area (Å²) in [6.45, 7) is 2.15. The lowest BCUT2D eigenvalue weighted by Gasteiger charge is -2.26. The zero-order valence-corrected chi connectivity index (χ0v) is 15.1. The van der Waals surface area contributed by atoms with Gasteiger partial charge in [-0.05, 0) is 24.3 Å². The number of nitrogens with zero attached hydrogens (tertiary/aromatic N) is 3. The van der Waals surface area contributed by atoms with E-state index in [4.69, 9.17) is 0 Å². The molecule has 2 heterocycles. The third-order valence-corrected chi connectivity index (χ3v) is 5.71. The Labute approximate surface area is 152 Å². The van der Waals surface area contributed by atoms with Crippen LogP contribution in [0.25, 0.3) is 0 Å². The molecule has 2 aromatic rings. The quantitative estimate of drug-likeness (QED) is 0.765. The first-order valence-electron chi connectivity index (χ1n) is 8.37. The van der Waals surface area contributed by atoms with Crippen LogP contribution in [-0.4, -0.2) is 66.9 Å². The van der Waals surface area contributed by atoms with Gasteiger partial charge in [0.1, 0.15) is 0 Å². The molecular formula is C17H21N5O3S. The predicted octanol–water partition coefficient (Wildman–Crippen LogP) is 0.680. The standard InChI is InChI=1S/C17H21N5O3S/c23-16(18-7-8-22-9-11-26(24,25)12-10-22)14-3-1-4-15(13-14)21-17-19-5-2-6-20-17/h1-6,13H,7-12H2,(H,18,23)(H,19,20,21). The van der Waals surface area contributed by atoms with Crippen molar-refractivity contribution in [1.82, 2.24) is 20.2 Å². The molecule has 1 aromatic carbocycles. The van der Waals surface area contributed by atoms with Crippen molar-refractivity contribution in [2.24, 2.45) is 0 Å². The highest BCUT2D eigenvalue weighted by Gasteiger charge is 2.21. The molecule has 9 heteroatoms. The number of sulfone groups is 1. The molecule has 0 radical (unpaired) electrons. The van der Waals surface area contributed by atoms with Crippen LogP contribution in [0.2, 0.25) is 0 Å². The maximum Gasteiger partial charge on any atom is 0.251 e. The van der Waals surface area contributed by atoms with Crippen molar-refractivity contribution < 1.29 is 13.2 Å². The second-order valence-corrected chi connectivity index (χ2v) is 8.33. The van der Waals surface area contributed by atoms with Crippen molar-refractivity contribution in [1.29, 1.82) is 0 Å². The number of carbonyl (C=O) groups excluding carboxylic acids is 1. The van der Waals surface area contributed by atoms with E-state index in [0.717, 1.165) is 5.69 Å². The van der Waals surface area contributed by atoms with E-state index in [1.54, 1.807) is 36.7 Å². The van der Waals surface area contributed by atoms with Crippen LogP contribution < -0.4 is 10.6 Å². The highest BCUT2D eigenvalue weighted by molar-refractivity contribution is 7.91. The monoisotopic (exact) mass is 375 g/mol. The predicted molar refractivity (Wildman–Crippen MR) is 99.2 cm³/mol. The Kier molecular flexibility index (Phi) is 5.79. The van der Waals surface area contributed by atoms with Gasteiger partial charge in [0.2, 0.25) is 5.95 Å². The fraction of sp³-hybridized carbons (Fsp3) is 0.353. The molecular weight excluding hydrogens is 354 g/mol. The smallest absolute Gasteiger partial charge is 0.251 e. The van der Waals surface area contributed by atoms with Crippen LogP contribution in [0.5, 0.6) is 0 Å². The molecule has 0 aliphatic carbocycles. The number of hydrogen-bond acceptors (Lipinski definition) is 7. The van der Waals surface area contributed by atoms with Crippen LogP contribution in [0, 0.1) is 0 Å². The summed E-state index contributed by atoms with van der Waals surface area (Å²) in [7, 11) is -2.88. The Balaban J connectivity index is 1.49. The Morgan fingerprint density at radius 3 is 2.58 bits per heavy atom. The molecule has 1 saturated heterocycles. The molecule has 1 fully saturated rings. The normalized spacial score (nSPS) is 16.8. The first-order chi connectivity index (χ1) is 12.5. The molecule has 1 aliphatic rings. The minimum atomic E-state index is -2.88. The summed E-state index contributed by atoms with van der Waals surface area (Å²) in [5.41, 5.74) is 1.26. The Morgan fingerprint density at radius 2 is 1.85 bits per heavy atom. The van der Waals surface area contributed by atoms with Crippen LogP contribution in [0.3, 0.4) is 0 Å². The Morgan fingerprint density at radius 1 is 1.12 bits per heavy atom. The maximum atomic E-state index is 12.3. The van der Waals surface area contributed by atoms with E-state index in [1.165, 1.54) is 0 Å². The van der Waals surface area contributed by atoms with Crippen molar-refractivity contribution in [2.75, 3.05) is 43.0 Å². The number of nitrogens with one attached hydrogen (secondary N) is 2. The first kappa shape index (κ1) is 18.3. The minimum Gasteiger partial charge on any atom is -0.351 e. The molecule has 1 aromatic heterocycles. The third-order valence-electron chi connectivity index (χ3n) is 4.10. The SMILES string of the molecule is O=C(NCCN1CCS(=O)(=O)CC1)c1cccc(Nc2ncccn2)c1. The van der Waals surface area contributed by atoms with Crippen molar-refractivity contribution in [2.45, 2.75) is 0 Å². The van der Waals surface area contributed by atoms with E-state index in [9.17, 15) is 13.2 Å². The summed E-state index contributed by atoms with van der Waals surface area (Å²) < 4.78 is 22.8. The van der Waals surface area contributed by atoms with Crippen LogP contribution in [0.4, 0.5) is 11.6 Å². The lowest BCUT2D eigenvalue weighted by atomic mass is 10.2. The van der Waals surface area contributed by atoms with E-state index in [1.807, 2.05) is 11.0 Å². The highest BCUT2D eigenvalue weighted by atomic mass is 32.2. The van der Waals surface area contributed by atoms with Crippen molar-refractivity contribution >= 4 is 27.4 Å². The van der Waals surface area contributed by atoms with Gasteiger partial charge in [0.05, 0.1) is 11.5 Å². The van der Waals surface area contributed by atoms with Gasteiger partial charge in [0.15, 0.2) is 9.84 Å². The average Bonchev–Trinajstić information content (AvgIpc) is 2.64. The molecule has 1 aliphatic heterocycles. The van der Waals surface area contributed by atoms with Gasteiger partial charge < -0.3 is 10.6 Å². The molecule has 0 unspecified atom stereocenters. The molecule has 0 atom stereocenters. The van der Waals surface area contributed by atoms with Gasteiger partial charge in [0.25, 0.3) is 5.91 Å². The summed E-state index contributed by atoms with van der Waals surface area (Å²) >= 11 is 0. The summed E-state index contributed by atoms with van der Waals surface area (Å²) in [6, 6.07) is 8.82. The summed E-state index contributed by atoms with van der Waals surface area (Å²) in [5.74, 6) is 0.671. The fourth-order valence-electron chi connectivity index (χ4n) is 2.63. The zero-order chi connectivity index (χ0) is 18.4. The van der Waals surface area contributed by atoms with Crippen LogP contribution in [-0.2, 0) is 9.84 Å². The van der Waals surface area contributed by atoms with E-state index in [0.29, 0.717) is 37.7 Å². The number of anilines is 2. The Hall–Kier alpha value is -2.52. The average molecular weight is 375 g/mol. The van der Waals surface area contributed by atoms with E-state index in [-0.39, 0.29) is 17.4 Å². The molecule has 138 valence electrons. The highest BCUT2D eigenvalue weighted by Crippen LogP contribution is 2.14. The number of aromatic nitrogens is 2. The maximum absolute atomic E-state index is 12.3. The summed E-state index contributed by atoms with van der Waals surface area (Å²) in [5, 5.41) is 5.92. The summed E-state index contributed by atoms with van der Waals surface area (Å²) in [6.07, 6.45) is 3.27. The second-order valence-electron chi connectivity index (χ2n) is 6.03. The van der Waals surface area contributed by atoms with E-state index in [2.05, 4.69) is 20.6 Å². The molecule has 26 heavy (non-hydrogen) atoms. The molecule has 2 N–H and O–H groups in total. The molecule has 1 amide bonds. The van der Waals surface area contributed by atoms with Crippen molar-refractivity contribution in [3.63, 3.8) is 0 Å². The molecule has 0 spiro atoms. The van der Waals surface area contributed by atoms with Gasteiger partial charge in [-0.2, -0.15) is 0 Å². The number of amides is 1. The lowest BCUT2D eigenvalue weighted by Crippen LogP contribution is -2.43. The number of carbonyl (C=O) groups is 1. The number of benzene rings is 1. The van der Waals surface area contributed by atoms with E-state index < -0.39 is 9.84 Å². The topological polar surface area (TPSA) is 104 Å². The summed E-state index contributed by atoms with van der Waals surface area (Å²) in [4.78, 5) is 22.5. The number of rotatable bonds is 6.